The maximum atomic E-state index is 12.7. The molecule has 0 saturated carbocycles. The van der Waals surface area contributed by atoms with Crippen LogP contribution in [0.2, 0.25) is 0 Å². The lowest BCUT2D eigenvalue weighted by atomic mass is 10.1. The summed E-state index contributed by atoms with van der Waals surface area (Å²) in [6.07, 6.45) is 0. The van der Waals surface area contributed by atoms with Crippen LogP contribution in [0.15, 0.2) is 10.4 Å². The van der Waals surface area contributed by atoms with Crippen LogP contribution in [0.5, 0.6) is 0 Å². The van der Waals surface area contributed by atoms with Crippen molar-refractivity contribution < 1.29 is 19.1 Å². The number of hydrogen-bond acceptors (Lipinski definition) is 11. The van der Waals surface area contributed by atoms with Gasteiger partial charge in [-0.05, 0) is 32.4 Å². The Morgan fingerprint density at radius 1 is 1.23 bits per heavy atom. The van der Waals surface area contributed by atoms with Crippen molar-refractivity contribution in [2.75, 3.05) is 43.3 Å². The number of rotatable bonds is 10. The molecule has 3 heterocycles. The standard InChI is InChI=1S/C19H23N5O4S3/c1-5-28-17(26)15-14(13-10(2)8-11(3)21-16(13)30-15)22-12(25)9-29-19-24-23-18(31-19)20-6-7-27-4/h8H,5-7,9H2,1-4H3,(H,20,23)(H,22,25). The highest BCUT2D eigenvalue weighted by Gasteiger charge is 2.23. The van der Waals surface area contributed by atoms with E-state index in [1.807, 2.05) is 19.9 Å². The minimum Gasteiger partial charge on any atom is -0.462 e. The van der Waals surface area contributed by atoms with E-state index in [4.69, 9.17) is 9.47 Å². The smallest absolute Gasteiger partial charge is 0.350 e. The van der Waals surface area contributed by atoms with Crippen LogP contribution in [-0.2, 0) is 14.3 Å². The molecule has 9 nitrogen and oxygen atoms in total. The molecule has 0 saturated heterocycles. The number of nitrogens with one attached hydrogen (secondary N) is 2. The summed E-state index contributed by atoms with van der Waals surface area (Å²) >= 11 is 3.87. The van der Waals surface area contributed by atoms with Gasteiger partial charge in [0.15, 0.2) is 4.34 Å². The topological polar surface area (TPSA) is 115 Å². The third-order valence-corrected chi connectivity index (χ3v) is 7.11. The first-order valence-corrected chi connectivity index (χ1v) is 12.1. The fourth-order valence-corrected chi connectivity index (χ4v) is 5.53. The zero-order valence-corrected chi connectivity index (χ0v) is 20.1. The maximum Gasteiger partial charge on any atom is 0.350 e. The van der Waals surface area contributed by atoms with Crippen LogP contribution in [0, 0.1) is 13.8 Å². The van der Waals surface area contributed by atoms with Crippen LogP contribution in [0.25, 0.3) is 10.2 Å². The van der Waals surface area contributed by atoms with Gasteiger partial charge in [-0.25, -0.2) is 9.78 Å². The average molecular weight is 482 g/mol. The molecule has 1 amide bonds. The first-order valence-electron chi connectivity index (χ1n) is 9.49. The lowest BCUT2D eigenvalue weighted by molar-refractivity contribution is -0.113. The minimum atomic E-state index is -0.471. The molecule has 0 unspecified atom stereocenters. The van der Waals surface area contributed by atoms with Gasteiger partial charge in [-0.15, -0.1) is 21.5 Å². The number of fused-ring (bicyclic) bond motifs is 1. The predicted octanol–water partition coefficient (Wildman–Crippen LogP) is 3.73. The number of anilines is 2. The van der Waals surface area contributed by atoms with Crippen molar-refractivity contribution in [2.24, 2.45) is 0 Å². The molecule has 3 aromatic heterocycles. The number of pyridine rings is 1. The molecule has 0 atom stereocenters. The Labute approximate surface area is 192 Å². The summed E-state index contributed by atoms with van der Waals surface area (Å²) < 4.78 is 10.8. The second-order valence-electron chi connectivity index (χ2n) is 6.42. The third-order valence-electron chi connectivity index (χ3n) is 4.03. The molecule has 0 radical (unpaired) electrons. The first-order chi connectivity index (χ1) is 14.9. The monoisotopic (exact) mass is 481 g/mol. The molecule has 0 aliphatic carbocycles. The number of aryl methyl sites for hydroxylation is 2. The van der Waals surface area contributed by atoms with Crippen LogP contribution in [-0.4, -0.2) is 59.7 Å². The lowest BCUT2D eigenvalue weighted by Gasteiger charge is -2.08. The van der Waals surface area contributed by atoms with E-state index in [1.165, 1.54) is 34.4 Å². The van der Waals surface area contributed by atoms with E-state index in [9.17, 15) is 9.59 Å². The van der Waals surface area contributed by atoms with Gasteiger partial charge in [0, 0.05) is 24.7 Å². The highest BCUT2D eigenvalue weighted by atomic mass is 32.2. The molecule has 31 heavy (non-hydrogen) atoms. The molecule has 0 aliphatic heterocycles. The molecular weight excluding hydrogens is 458 g/mol. The molecule has 12 heteroatoms. The molecule has 2 N–H and O–H groups in total. The molecule has 0 fully saturated rings. The second-order valence-corrected chi connectivity index (χ2v) is 9.62. The number of thioether (sulfide) groups is 1. The minimum absolute atomic E-state index is 0.130. The fraction of sp³-hybridized carbons (Fsp3) is 0.421. The predicted molar refractivity (Wildman–Crippen MR) is 125 cm³/mol. The largest absolute Gasteiger partial charge is 0.462 e. The summed E-state index contributed by atoms with van der Waals surface area (Å²) in [4.78, 5) is 30.7. The molecule has 0 bridgehead atoms. The van der Waals surface area contributed by atoms with E-state index in [1.54, 1.807) is 14.0 Å². The first kappa shape index (κ1) is 23.4. The van der Waals surface area contributed by atoms with Crippen molar-refractivity contribution in [3.05, 3.63) is 22.2 Å². The molecule has 166 valence electrons. The number of thiophene rings is 1. The highest BCUT2D eigenvalue weighted by molar-refractivity contribution is 8.01. The van der Waals surface area contributed by atoms with Gasteiger partial charge in [0.25, 0.3) is 0 Å². The molecule has 3 rings (SSSR count). The van der Waals surface area contributed by atoms with Crippen molar-refractivity contribution in [3.63, 3.8) is 0 Å². The number of ether oxygens (including phenoxy) is 2. The Kier molecular flexibility index (Phi) is 8.18. The summed E-state index contributed by atoms with van der Waals surface area (Å²) in [5.74, 6) is -0.592. The molecule has 0 aliphatic rings. The number of amides is 1. The van der Waals surface area contributed by atoms with Crippen molar-refractivity contribution in [2.45, 2.75) is 25.1 Å². The van der Waals surface area contributed by atoms with Crippen molar-refractivity contribution >= 4 is 67.3 Å². The number of aromatic nitrogens is 3. The number of carbonyl (C=O) groups is 2. The molecule has 3 aromatic rings. The zero-order chi connectivity index (χ0) is 22.4. The maximum absolute atomic E-state index is 12.7. The number of methoxy groups -OCH3 is 1. The second kappa shape index (κ2) is 10.8. The summed E-state index contributed by atoms with van der Waals surface area (Å²) in [5, 5.41) is 15.5. The Morgan fingerprint density at radius 3 is 2.77 bits per heavy atom. The lowest BCUT2D eigenvalue weighted by Crippen LogP contribution is -2.16. The van der Waals surface area contributed by atoms with Crippen LogP contribution in [0.4, 0.5) is 10.8 Å². The van der Waals surface area contributed by atoms with Gasteiger partial charge in [0.1, 0.15) is 9.71 Å². The Balaban J connectivity index is 1.73. The van der Waals surface area contributed by atoms with Crippen LogP contribution in [0.3, 0.4) is 0 Å². The number of nitrogens with zero attached hydrogens (tertiary/aromatic N) is 3. The van der Waals surface area contributed by atoms with Crippen molar-refractivity contribution in [1.82, 2.24) is 15.2 Å². The molecule has 0 aromatic carbocycles. The SMILES string of the molecule is CCOC(=O)c1sc2nc(C)cc(C)c2c1NC(=O)CSc1nnc(NCCOC)s1. The quantitative estimate of drug-likeness (QED) is 0.254. The molecular formula is C19H23N5O4S3. The van der Waals surface area contributed by atoms with Crippen LogP contribution >= 0.6 is 34.4 Å². The Bertz CT molecular complexity index is 1080. The van der Waals surface area contributed by atoms with Crippen molar-refractivity contribution in [3.8, 4) is 0 Å². The highest BCUT2D eigenvalue weighted by Crippen LogP contribution is 2.38. The van der Waals surface area contributed by atoms with Crippen LogP contribution in [0.1, 0.15) is 27.9 Å². The normalized spacial score (nSPS) is 11.0. The fourth-order valence-electron chi connectivity index (χ4n) is 2.80. The van der Waals surface area contributed by atoms with Gasteiger partial charge in [0.05, 0.1) is 24.7 Å². The van der Waals surface area contributed by atoms with E-state index in [0.717, 1.165) is 16.6 Å². The number of esters is 1. The van der Waals surface area contributed by atoms with Gasteiger partial charge >= 0.3 is 5.97 Å². The number of hydrogen-bond donors (Lipinski definition) is 2. The third kappa shape index (κ3) is 5.91. The average Bonchev–Trinajstić information content (AvgIpc) is 3.31. The van der Waals surface area contributed by atoms with E-state index >= 15 is 0 Å². The van der Waals surface area contributed by atoms with Gasteiger partial charge in [-0.2, -0.15) is 0 Å². The summed E-state index contributed by atoms with van der Waals surface area (Å²) in [6.45, 7) is 7.02. The van der Waals surface area contributed by atoms with Crippen LogP contribution < -0.4 is 10.6 Å². The van der Waals surface area contributed by atoms with E-state index in [0.29, 0.717) is 38.0 Å². The number of carbonyl (C=O) groups excluding carboxylic acids is 2. The van der Waals surface area contributed by atoms with Crippen molar-refractivity contribution in [1.29, 1.82) is 0 Å². The van der Waals surface area contributed by atoms with Gasteiger partial charge < -0.3 is 20.1 Å². The van der Waals surface area contributed by atoms with E-state index in [2.05, 4.69) is 25.8 Å². The van der Waals surface area contributed by atoms with Gasteiger partial charge in [0.2, 0.25) is 11.0 Å². The van der Waals surface area contributed by atoms with Gasteiger partial charge in [-0.1, -0.05) is 23.1 Å². The summed E-state index contributed by atoms with van der Waals surface area (Å²) in [6, 6.07) is 1.92. The summed E-state index contributed by atoms with van der Waals surface area (Å²) in [7, 11) is 1.63. The Hall–Kier alpha value is -2.28. The zero-order valence-electron chi connectivity index (χ0n) is 17.6. The summed E-state index contributed by atoms with van der Waals surface area (Å²) in [5.41, 5.74) is 2.24. The van der Waals surface area contributed by atoms with E-state index in [-0.39, 0.29) is 18.3 Å². The van der Waals surface area contributed by atoms with E-state index < -0.39 is 5.97 Å². The molecule has 0 spiro atoms. The van der Waals surface area contributed by atoms with Gasteiger partial charge in [-0.3, -0.25) is 4.79 Å². The Morgan fingerprint density at radius 2 is 2.03 bits per heavy atom.